The number of nitrogens with one attached hydrogen (secondary N) is 2. The van der Waals surface area contributed by atoms with Gasteiger partial charge >= 0.3 is 0 Å². The Morgan fingerprint density at radius 3 is 3.03 bits per heavy atom. The van der Waals surface area contributed by atoms with Crippen LogP contribution in [0, 0.1) is 0 Å². The number of aromatic nitrogens is 3. The largest absolute Gasteiger partial charge is 0.543 e. The Morgan fingerprint density at radius 2 is 2.31 bits per heavy atom. The number of aliphatic carboxylic acids is 1. The fourth-order valence-corrected chi connectivity index (χ4v) is 6.26. The number of hydrogen-bond acceptors (Lipinski definition) is 11. The summed E-state index contributed by atoms with van der Waals surface area (Å²) >= 11 is 2.52. The van der Waals surface area contributed by atoms with Crippen LogP contribution >= 0.6 is 23.1 Å². The average Bonchev–Trinajstić information content (AvgIpc) is 3.48. The van der Waals surface area contributed by atoms with Gasteiger partial charge in [0.1, 0.15) is 23.7 Å². The van der Waals surface area contributed by atoms with Gasteiger partial charge in [-0.2, -0.15) is 0 Å². The maximum absolute atomic E-state index is 13.1. The number of thiazole rings is 1. The molecule has 0 unspecified atom stereocenters. The quantitative estimate of drug-likeness (QED) is 0.158. The van der Waals surface area contributed by atoms with E-state index in [4.69, 9.17) is 10.6 Å². The first-order valence-electron chi connectivity index (χ1n) is 11.3. The Morgan fingerprint density at radius 1 is 1.47 bits per heavy atom. The van der Waals surface area contributed by atoms with Gasteiger partial charge in [-0.05, 0) is 13.3 Å². The van der Waals surface area contributed by atoms with Gasteiger partial charge < -0.3 is 31.1 Å². The molecule has 0 aliphatic carbocycles. The number of nitrogens with two attached hydrogens (primary N) is 1. The predicted molar refractivity (Wildman–Crippen MR) is 129 cm³/mol. The number of anilines is 2. The van der Waals surface area contributed by atoms with Crippen molar-refractivity contribution in [3.8, 4) is 0 Å². The van der Waals surface area contributed by atoms with E-state index < -0.39 is 29.2 Å². The number of carbonyl (C=O) groups is 3. The maximum atomic E-state index is 13.1. The smallest absolute Gasteiger partial charge is 0.276 e. The molecule has 3 aliphatic heterocycles. The molecule has 3 aliphatic rings. The van der Waals surface area contributed by atoms with Gasteiger partial charge in [0, 0.05) is 23.3 Å². The summed E-state index contributed by atoms with van der Waals surface area (Å²) in [5.41, 5.74) is 6.22. The molecule has 5 heterocycles. The predicted octanol–water partition coefficient (Wildman–Crippen LogP) is -1.53. The van der Waals surface area contributed by atoms with Crippen LogP contribution in [0.3, 0.4) is 0 Å². The highest BCUT2D eigenvalue weighted by Crippen LogP contribution is 2.40. The molecule has 0 saturated carbocycles. The molecule has 2 aromatic heterocycles. The number of amides is 2. The molecular weight excluding hydrogens is 508 g/mol. The summed E-state index contributed by atoms with van der Waals surface area (Å²) in [5.74, 6) is -1.29. The number of thioether (sulfide) groups is 1. The van der Waals surface area contributed by atoms with Crippen molar-refractivity contribution in [2.75, 3.05) is 30.0 Å². The highest BCUT2D eigenvalue weighted by molar-refractivity contribution is 8.00. The Bertz CT molecular complexity index is 1280. The molecule has 2 aromatic rings. The lowest BCUT2D eigenvalue weighted by molar-refractivity contribution is -0.768. The Hall–Kier alpha value is -3.59. The molecule has 0 aromatic carbocycles. The number of rotatable bonds is 8. The summed E-state index contributed by atoms with van der Waals surface area (Å²) in [7, 11) is 0. The first-order chi connectivity index (χ1) is 17.4. The van der Waals surface area contributed by atoms with Gasteiger partial charge in [0.2, 0.25) is 0 Å². The lowest BCUT2D eigenvalue weighted by Crippen LogP contribution is -2.71. The highest BCUT2D eigenvalue weighted by atomic mass is 32.2. The molecule has 0 bridgehead atoms. The maximum Gasteiger partial charge on any atom is 0.276 e. The van der Waals surface area contributed by atoms with E-state index in [-0.39, 0.29) is 28.8 Å². The van der Waals surface area contributed by atoms with E-state index in [1.54, 1.807) is 12.3 Å². The third-order valence-electron chi connectivity index (χ3n) is 5.99. The lowest BCUT2D eigenvalue weighted by Gasteiger charge is -2.50. The molecule has 1 fully saturated rings. The number of carboxylic acid groups (broad SMARTS) is 1. The van der Waals surface area contributed by atoms with E-state index in [1.165, 1.54) is 16.7 Å². The minimum absolute atomic E-state index is 0.115. The number of nitrogen functional groups attached to an aromatic ring is 1. The minimum Gasteiger partial charge on any atom is -0.543 e. The van der Waals surface area contributed by atoms with Crippen LogP contribution in [-0.4, -0.2) is 68.4 Å². The van der Waals surface area contributed by atoms with Gasteiger partial charge in [0.25, 0.3) is 11.8 Å². The molecular formula is C21H24N8O5S2. The topological polar surface area (TPSA) is 171 Å². The van der Waals surface area contributed by atoms with E-state index in [2.05, 4.69) is 20.8 Å². The number of carbonyl (C=O) groups excluding carboxylic acids is 3. The summed E-state index contributed by atoms with van der Waals surface area (Å²) in [5, 5.41) is 23.1. The molecule has 2 atom stereocenters. The molecule has 1 saturated heterocycles. The van der Waals surface area contributed by atoms with Gasteiger partial charge in [-0.25, -0.2) is 4.98 Å². The van der Waals surface area contributed by atoms with Crippen molar-refractivity contribution in [3.05, 3.63) is 34.6 Å². The van der Waals surface area contributed by atoms with Gasteiger partial charge in [-0.3, -0.25) is 14.5 Å². The molecule has 15 heteroatoms. The zero-order valence-electron chi connectivity index (χ0n) is 19.3. The molecule has 36 heavy (non-hydrogen) atoms. The molecule has 4 N–H and O–H groups in total. The third kappa shape index (κ3) is 4.28. The molecule has 190 valence electrons. The first-order valence-corrected chi connectivity index (χ1v) is 13.2. The fraction of sp³-hybridized carbons (Fsp3) is 0.429. The number of carboxylic acids is 1. The molecule has 13 nitrogen and oxygen atoms in total. The van der Waals surface area contributed by atoms with E-state index in [0.717, 1.165) is 36.7 Å². The first kappa shape index (κ1) is 24.1. The van der Waals surface area contributed by atoms with Crippen molar-refractivity contribution in [1.29, 1.82) is 0 Å². The molecule has 0 radical (unpaired) electrons. The average molecular weight is 533 g/mol. The second-order valence-corrected chi connectivity index (χ2v) is 10.2. The van der Waals surface area contributed by atoms with Crippen molar-refractivity contribution in [2.24, 2.45) is 5.16 Å². The van der Waals surface area contributed by atoms with Crippen LogP contribution in [0.15, 0.2) is 34.1 Å². The van der Waals surface area contributed by atoms with Gasteiger partial charge in [0.15, 0.2) is 29.4 Å². The van der Waals surface area contributed by atoms with Crippen molar-refractivity contribution in [1.82, 2.24) is 19.9 Å². The number of fused-ring (bicyclic) bond motifs is 2. The van der Waals surface area contributed by atoms with Crippen LogP contribution in [0.5, 0.6) is 0 Å². The molecule has 2 amide bonds. The molecule has 5 rings (SSSR count). The Labute approximate surface area is 213 Å². The number of nitrogens with zero attached hydrogens (tertiary/aromatic N) is 5. The van der Waals surface area contributed by atoms with Crippen LogP contribution in [0.1, 0.15) is 19.0 Å². The standard InChI is InChI=1S/C21H24N8O5S2/c1-2-34-26-14(12-10-36-21(22)24-12)17(30)25-15-18(31)29-16(20(32)33)11(9-35-19(15)29)8-27-7-4-13-23-5-3-6-28(13)27/h4,7,10,15,19H,2-3,5-6,8-9H2,1H3,(H4,22,24,25,30,32,33)/t15-,19-/m1/s1. The van der Waals surface area contributed by atoms with Gasteiger partial charge in [-0.15, -0.1) is 32.5 Å². The summed E-state index contributed by atoms with van der Waals surface area (Å²) in [6.45, 7) is 3.95. The minimum atomic E-state index is -1.42. The van der Waals surface area contributed by atoms with Crippen LogP contribution in [0.2, 0.25) is 0 Å². The van der Waals surface area contributed by atoms with Crippen molar-refractivity contribution >= 4 is 57.5 Å². The SMILES string of the molecule is CCON=C(C(=O)N[C@@H]1C(=O)N2C(C(=O)[O-])=C(C[n+]3ccc4n3CCCN4)CS[C@H]12)c1csc(N)n1. The fourth-order valence-electron chi connectivity index (χ4n) is 4.37. The van der Waals surface area contributed by atoms with Crippen molar-refractivity contribution in [2.45, 2.75) is 37.8 Å². The van der Waals surface area contributed by atoms with Gasteiger partial charge in [-0.1, -0.05) is 5.16 Å². The molecule has 0 spiro atoms. The highest BCUT2D eigenvalue weighted by Gasteiger charge is 2.53. The Balaban J connectivity index is 1.35. The lowest BCUT2D eigenvalue weighted by atomic mass is 10.0. The van der Waals surface area contributed by atoms with Crippen molar-refractivity contribution < 1.29 is 29.0 Å². The summed E-state index contributed by atoms with van der Waals surface area (Å²) in [6.07, 6.45) is 2.84. The van der Waals surface area contributed by atoms with Crippen LogP contribution in [0.4, 0.5) is 10.9 Å². The van der Waals surface area contributed by atoms with Gasteiger partial charge in [0.05, 0.1) is 24.3 Å². The van der Waals surface area contributed by atoms with Crippen LogP contribution in [-0.2, 0) is 32.3 Å². The van der Waals surface area contributed by atoms with Crippen LogP contribution in [0.25, 0.3) is 0 Å². The van der Waals surface area contributed by atoms with Crippen molar-refractivity contribution in [3.63, 3.8) is 0 Å². The second-order valence-electron chi connectivity index (χ2n) is 8.23. The van der Waals surface area contributed by atoms with E-state index in [9.17, 15) is 19.5 Å². The van der Waals surface area contributed by atoms with E-state index in [0.29, 0.717) is 17.9 Å². The summed E-state index contributed by atoms with van der Waals surface area (Å²) in [6, 6.07) is 1.01. The van der Waals surface area contributed by atoms with E-state index in [1.807, 2.05) is 21.6 Å². The second kappa shape index (κ2) is 9.81. The number of β-lactam (4-membered cyclic amide) rings is 1. The number of hydrogen-bond donors (Lipinski definition) is 3. The van der Waals surface area contributed by atoms with Crippen LogP contribution < -0.4 is 26.2 Å². The summed E-state index contributed by atoms with van der Waals surface area (Å²) in [4.78, 5) is 48.5. The zero-order chi connectivity index (χ0) is 25.4. The normalized spacial score (nSPS) is 21.3. The Kier molecular flexibility index (Phi) is 6.57. The zero-order valence-corrected chi connectivity index (χ0v) is 20.9. The third-order valence-corrected chi connectivity index (χ3v) is 8.00. The number of oxime groups is 1. The summed E-state index contributed by atoms with van der Waals surface area (Å²) < 4.78 is 3.98. The van der Waals surface area contributed by atoms with E-state index >= 15 is 0 Å². The monoisotopic (exact) mass is 532 g/mol.